The molecule has 21 nitrogen and oxygen atoms in total. The molecule has 2 atom stereocenters. The number of aromatic nitrogens is 12. The van der Waals surface area contributed by atoms with Gasteiger partial charge in [-0.05, 0) is 62.3 Å². The lowest BCUT2D eigenvalue weighted by molar-refractivity contribution is 0.0695. The van der Waals surface area contributed by atoms with Crippen LogP contribution in [0.25, 0.3) is 66.9 Å². The molecule has 0 saturated carbocycles. The predicted octanol–water partition coefficient (Wildman–Crippen LogP) is 9.74. The van der Waals surface area contributed by atoms with E-state index in [1.54, 1.807) is 69.6 Å². The van der Waals surface area contributed by atoms with Gasteiger partial charge in [0.15, 0.2) is 24.1 Å². The lowest BCUT2D eigenvalue weighted by Crippen LogP contribution is -2.26. The summed E-state index contributed by atoms with van der Waals surface area (Å²) in [6.45, 7) is 19.1. The number of carboxylic acid groups (broad SMARTS) is 1. The van der Waals surface area contributed by atoms with Crippen LogP contribution in [0.2, 0.25) is 51.4 Å². The van der Waals surface area contributed by atoms with E-state index in [0.717, 1.165) is 23.2 Å². The Morgan fingerprint density at radius 1 is 0.701 bits per heavy atom. The minimum Gasteiger partial charge on any atom is -0.478 e. The van der Waals surface area contributed by atoms with E-state index in [0.29, 0.717) is 80.5 Å². The van der Waals surface area contributed by atoms with Crippen molar-refractivity contribution in [2.24, 2.45) is 19.8 Å². The standard InChI is InChI=1S/C26H30FN7O3Si.C21H24FN5O3Si.C5H8N2O/c1-16(21-13-37-14-29-21)30-26(35)19-12-34(15-36-8-9-38(3,4)5)25-24(19)31-20(11-28-25)23-18-7-6-17(27)10-22(18)33(2)32-23;1-26-17-9-13(22)5-6-14(17)18(25-26)16-10-23-20-19(24-16)15(21(28)29)11-27(20)12-30-7-8-31(2,3)4;1-4(6)5-2-8-3-7-5/h6-7,10-14,16H,8-9,15H2,1-5H3,(H,30,35);5-6,9-11H,7-8,12H2,1-4H3,(H,28,29);2-4H,6H2,1H3. The van der Waals surface area contributed by atoms with Crippen molar-refractivity contribution in [1.29, 1.82) is 0 Å². The molecule has 2 unspecified atom stereocenters. The summed E-state index contributed by atoms with van der Waals surface area (Å²) in [5.74, 6) is -2.13. The van der Waals surface area contributed by atoms with Gasteiger partial charge in [-0.25, -0.2) is 43.5 Å². The summed E-state index contributed by atoms with van der Waals surface area (Å²) in [4.78, 5) is 51.6. The molecule has 8 heterocycles. The van der Waals surface area contributed by atoms with Crippen LogP contribution in [-0.4, -0.2) is 105 Å². The van der Waals surface area contributed by atoms with Crippen molar-refractivity contribution in [2.45, 2.75) is 90.8 Å². The zero-order valence-corrected chi connectivity index (χ0v) is 46.6. The van der Waals surface area contributed by atoms with Gasteiger partial charge in [0.1, 0.15) is 82.7 Å². The number of nitrogens with zero attached hydrogens (tertiary/aromatic N) is 12. The second-order valence-electron chi connectivity index (χ2n) is 21.0. The molecule has 404 valence electrons. The smallest absolute Gasteiger partial charge is 0.339 e. The molecule has 0 spiro atoms. The van der Waals surface area contributed by atoms with Crippen LogP contribution in [0.5, 0.6) is 0 Å². The predicted molar refractivity (Wildman–Crippen MR) is 291 cm³/mol. The van der Waals surface area contributed by atoms with Crippen LogP contribution in [0.4, 0.5) is 8.78 Å². The SMILES string of the molecule is CC(N)c1cocn1.CC(NC(=O)c1cn(COCC[Si](C)(C)C)c2ncc(-c3nn(C)c4cc(F)ccc34)nc12)c1cocn1.Cn1nc(-c2cnc3c(n2)c(C(=O)O)cn3COCC[Si](C)(C)C)c2ccc(F)cc21. The highest BCUT2D eigenvalue weighted by Gasteiger charge is 2.24. The molecule has 10 aromatic rings. The minimum atomic E-state index is -1.25. The number of carbonyl (C=O) groups is 2. The van der Waals surface area contributed by atoms with E-state index < -0.39 is 22.1 Å². The van der Waals surface area contributed by atoms with Crippen LogP contribution in [-0.2, 0) is 37.0 Å². The second-order valence-corrected chi connectivity index (χ2v) is 32.2. The summed E-state index contributed by atoms with van der Waals surface area (Å²) in [6.07, 6.45) is 12.1. The van der Waals surface area contributed by atoms with Crippen molar-refractivity contribution in [3.8, 4) is 22.8 Å². The Balaban J connectivity index is 0.000000180. The van der Waals surface area contributed by atoms with E-state index >= 15 is 0 Å². The molecule has 2 aromatic carbocycles. The van der Waals surface area contributed by atoms with Crippen LogP contribution in [0.1, 0.15) is 58.0 Å². The van der Waals surface area contributed by atoms with Gasteiger partial charge in [-0.2, -0.15) is 10.2 Å². The van der Waals surface area contributed by atoms with Gasteiger partial charge in [-0.3, -0.25) is 14.2 Å². The molecular weight excluding hydrogens is 1030 g/mol. The molecule has 25 heteroatoms. The molecule has 1 amide bonds. The number of hydrogen-bond acceptors (Lipinski definition) is 15. The maximum absolute atomic E-state index is 13.8. The number of nitrogens with one attached hydrogen (secondary N) is 1. The van der Waals surface area contributed by atoms with E-state index in [4.69, 9.17) is 24.6 Å². The molecule has 0 saturated heterocycles. The highest BCUT2D eigenvalue weighted by Crippen LogP contribution is 2.31. The van der Waals surface area contributed by atoms with Gasteiger partial charge >= 0.3 is 5.97 Å². The third-order valence-electron chi connectivity index (χ3n) is 12.3. The number of benzene rings is 2. The fourth-order valence-electron chi connectivity index (χ4n) is 8.00. The quantitative estimate of drug-likeness (QED) is 0.0566. The number of amides is 1. The average molecular weight is 1090 g/mol. The van der Waals surface area contributed by atoms with Crippen LogP contribution >= 0.6 is 0 Å². The molecule has 0 fully saturated rings. The highest BCUT2D eigenvalue weighted by atomic mass is 28.3. The summed E-state index contributed by atoms with van der Waals surface area (Å²) < 4.78 is 55.5. The van der Waals surface area contributed by atoms with Crippen molar-refractivity contribution >= 4 is 72.2 Å². The third kappa shape index (κ3) is 13.2. The summed E-state index contributed by atoms with van der Waals surface area (Å²) >= 11 is 0. The van der Waals surface area contributed by atoms with E-state index in [1.807, 2.05) is 13.8 Å². The lowest BCUT2D eigenvalue weighted by Gasteiger charge is -2.15. The van der Waals surface area contributed by atoms with Crippen LogP contribution < -0.4 is 11.1 Å². The summed E-state index contributed by atoms with van der Waals surface area (Å²) in [5, 5.41) is 23.1. The molecular formula is C52H62F2N14O7Si2. The van der Waals surface area contributed by atoms with E-state index in [2.05, 4.69) is 84.1 Å². The van der Waals surface area contributed by atoms with Crippen molar-refractivity contribution < 1.29 is 41.8 Å². The number of ether oxygens (including phenoxy) is 2. The number of aromatic carboxylic acids is 1. The summed E-state index contributed by atoms with van der Waals surface area (Å²) in [7, 11) is 0.994. The molecule has 0 aliphatic rings. The first-order valence-corrected chi connectivity index (χ1v) is 32.1. The van der Waals surface area contributed by atoms with Gasteiger partial charge < -0.3 is 43.6 Å². The molecule has 0 bridgehead atoms. The van der Waals surface area contributed by atoms with Gasteiger partial charge in [0.2, 0.25) is 0 Å². The zero-order valence-electron chi connectivity index (χ0n) is 44.6. The normalized spacial score (nSPS) is 12.7. The Bertz CT molecular complexity index is 3670. The number of oxazole rings is 2. The summed E-state index contributed by atoms with van der Waals surface area (Å²) in [5.41, 5.74) is 12.1. The Morgan fingerprint density at radius 2 is 1.16 bits per heavy atom. The molecule has 4 N–H and O–H groups in total. The van der Waals surface area contributed by atoms with Gasteiger partial charge in [0.25, 0.3) is 5.91 Å². The number of nitrogens with two attached hydrogens (primary N) is 1. The first kappa shape index (κ1) is 55.4. The maximum atomic E-state index is 13.8. The Morgan fingerprint density at radius 3 is 1.57 bits per heavy atom. The average Bonchev–Trinajstić information content (AvgIpc) is 4.37. The van der Waals surface area contributed by atoms with Gasteiger partial charge in [-0.1, -0.05) is 39.3 Å². The maximum Gasteiger partial charge on any atom is 0.339 e. The zero-order chi connectivity index (χ0) is 55.3. The minimum absolute atomic E-state index is 0.0197. The van der Waals surface area contributed by atoms with Crippen molar-refractivity contribution in [3.63, 3.8) is 0 Å². The first-order chi connectivity index (χ1) is 36.5. The van der Waals surface area contributed by atoms with Crippen molar-refractivity contribution in [1.82, 2.24) is 63.9 Å². The number of rotatable bonds is 17. The molecule has 0 radical (unpaired) electrons. The van der Waals surface area contributed by atoms with Crippen LogP contribution in [0.3, 0.4) is 0 Å². The topological polar surface area (TPSA) is 260 Å². The Hall–Kier alpha value is -7.85. The second kappa shape index (κ2) is 23.2. The molecule has 77 heavy (non-hydrogen) atoms. The molecule has 8 aromatic heterocycles. The molecule has 0 aliphatic carbocycles. The monoisotopic (exact) mass is 1090 g/mol. The van der Waals surface area contributed by atoms with Crippen molar-refractivity contribution in [2.75, 3.05) is 13.2 Å². The van der Waals surface area contributed by atoms with Gasteiger partial charge in [-0.15, -0.1) is 0 Å². The Kier molecular flexibility index (Phi) is 16.7. The molecule has 10 rings (SSSR count). The number of carbonyl (C=O) groups excluding carboxylic acids is 1. The van der Waals surface area contributed by atoms with Crippen LogP contribution in [0.15, 0.2) is 95.3 Å². The number of carboxylic acids is 1. The van der Waals surface area contributed by atoms with Crippen molar-refractivity contribution in [3.05, 3.63) is 121 Å². The van der Waals surface area contributed by atoms with E-state index in [-0.39, 0.29) is 54.2 Å². The molecule has 0 aliphatic heterocycles. The van der Waals surface area contributed by atoms with Crippen LogP contribution in [0, 0.1) is 11.6 Å². The summed E-state index contributed by atoms with van der Waals surface area (Å²) in [6, 6.07) is 10.5. The Labute approximate surface area is 443 Å². The number of fused-ring (bicyclic) bond motifs is 4. The van der Waals surface area contributed by atoms with Gasteiger partial charge in [0, 0.05) is 72.7 Å². The highest BCUT2D eigenvalue weighted by molar-refractivity contribution is 6.76. The lowest BCUT2D eigenvalue weighted by atomic mass is 10.1. The number of hydrogen-bond donors (Lipinski definition) is 3. The van der Waals surface area contributed by atoms with Gasteiger partial charge in [0.05, 0.1) is 40.7 Å². The van der Waals surface area contributed by atoms with E-state index in [9.17, 15) is 23.5 Å². The fraction of sp³-hybridized carbons (Fsp3) is 0.346. The van der Waals surface area contributed by atoms with E-state index in [1.165, 1.54) is 49.5 Å². The largest absolute Gasteiger partial charge is 0.478 e. The third-order valence-corrected chi connectivity index (χ3v) is 15.7. The fourth-order valence-corrected chi connectivity index (χ4v) is 9.52. The number of halogens is 2. The first-order valence-electron chi connectivity index (χ1n) is 24.7. The number of aryl methyl sites for hydroxylation is 2.